The monoisotopic (exact) mass is 287 g/mol. The Labute approximate surface area is 121 Å². The van der Waals surface area contributed by atoms with Gasteiger partial charge in [0, 0.05) is 17.8 Å². The third kappa shape index (κ3) is 2.59. The van der Waals surface area contributed by atoms with Crippen LogP contribution in [0.3, 0.4) is 0 Å². The van der Waals surface area contributed by atoms with Crippen LogP contribution in [0.4, 0.5) is 5.69 Å². The summed E-state index contributed by atoms with van der Waals surface area (Å²) < 4.78 is 5.02. The van der Waals surface area contributed by atoms with E-state index in [0.29, 0.717) is 23.8 Å². The zero-order chi connectivity index (χ0) is 14.8. The standard InChI is InChI=1S/C14H17N5O2/c15-7-13-17-12(18-21-13)8-19-6-2-4-9-10(14(16)20)3-1-5-11(9)19/h1,3,5H,2,4,6-8,15H2,(H2,16,20). The lowest BCUT2D eigenvalue weighted by Gasteiger charge is -2.31. The predicted octanol–water partition coefficient (Wildman–Crippen LogP) is 0.580. The maximum atomic E-state index is 11.5. The molecule has 0 saturated heterocycles. The molecule has 0 aliphatic carbocycles. The van der Waals surface area contributed by atoms with Crippen molar-refractivity contribution in [1.82, 2.24) is 10.1 Å². The molecule has 0 atom stereocenters. The van der Waals surface area contributed by atoms with Crippen molar-refractivity contribution in [3.63, 3.8) is 0 Å². The summed E-state index contributed by atoms with van der Waals surface area (Å²) in [5, 5.41) is 3.91. The number of aromatic nitrogens is 2. The largest absolute Gasteiger partial charge is 0.366 e. The first-order valence-electron chi connectivity index (χ1n) is 6.87. The van der Waals surface area contributed by atoms with Gasteiger partial charge in [0.15, 0.2) is 5.82 Å². The highest BCUT2D eigenvalue weighted by Crippen LogP contribution is 2.30. The molecule has 7 nitrogen and oxygen atoms in total. The van der Waals surface area contributed by atoms with Crippen LogP contribution in [0.15, 0.2) is 22.7 Å². The van der Waals surface area contributed by atoms with Crippen molar-refractivity contribution in [3.8, 4) is 0 Å². The number of carbonyl (C=O) groups excluding carboxylic acids is 1. The van der Waals surface area contributed by atoms with E-state index < -0.39 is 5.91 Å². The van der Waals surface area contributed by atoms with Gasteiger partial charge in [-0.3, -0.25) is 4.79 Å². The van der Waals surface area contributed by atoms with Gasteiger partial charge in [-0.1, -0.05) is 11.2 Å². The quantitative estimate of drug-likeness (QED) is 0.850. The molecule has 21 heavy (non-hydrogen) atoms. The summed E-state index contributed by atoms with van der Waals surface area (Å²) in [5.74, 6) is 0.625. The summed E-state index contributed by atoms with van der Waals surface area (Å²) in [4.78, 5) is 17.9. The van der Waals surface area contributed by atoms with Gasteiger partial charge in [0.1, 0.15) is 0 Å². The van der Waals surface area contributed by atoms with Crippen molar-refractivity contribution in [2.24, 2.45) is 11.5 Å². The summed E-state index contributed by atoms with van der Waals surface area (Å²) >= 11 is 0. The molecule has 1 aromatic carbocycles. The summed E-state index contributed by atoms with van der Waals surface area (Å²) in [5.41, 5.74) is 13.5. The fourth-order valence-corrected chi connectivity index (χ4v) is 2.70. The van der Waals surface area contributed by atoms with Gasteiger partial charge in [-0.25, -0.2) is 0 Å². The Morgan fingerprint density at radius 2 is 2.29 bits per heavy atom. The van der Waals surface area contributed by atoms with Gasteiger partial charge < -0.3 is 20.9 Å². The molecule has 2 heterocycles. The van der Waals surface area contributed by atoms with E-state index in [1.807, 2.05) is 12.1 Å². The molecule has 1 aliphatic heterocycles. The molecule has 110 valence electrons. The zero-order valence-corrected chi connectivity index (χ0v) is 11.6. The molecule has 4 N–H and O–H groups in total. The number of hydrogen-bond donors (Lipinski definition) is 2. The number of anilines is 1. The third-order valence-corrected chi connectivity index (χ3v) is 3.63. The summed E-state index contributed by atoms with van der Waals surface area (Å²) in [6.07, 6.45) is 1.81. The highest BCUT2D eigenvalue weighted by Gasteiger charge is 2.22. The Bertz CT molecular complexity index is 667. The molecule has 0 fully saturated rings. The van der Waals surface area contributed by atoms with E-state index in [0.717, 1.165) is 30.6 Å². The van der Waals surface area contributed by atoms with E-state index >= 15 is 0 Å². The maximum Gasteiger partial charge on any atom is 0.249 e. The fourth-order valence-electron chi connectivity index (χ4n) is 2.70. The van der Waals surface area contributed by atoms with Crippen molar-refractivity contribution in [2.45, 2.75) is 25.9 Å². The first-order valence-corrected chi connectivity index (χ1v) is 6.87. The zero-order valence-electron chi connectivity index (χ0n) is 11.6. The second kappa shape index (κ2) is 5.53. The van der Waals surface area contributed by atoms with Gasteiger partial charge in [0.25, 0.3) is 0 Å². The van der Waals surface area contributed by atoms with Crippen LogP contribution in [0, 0.1) is 0 Å². The molecule has 0 bridgehead atoms. The molecule has 0 saturated carbocycles. The summed E-state index contributed by atoms with van der Waals surface area (Å²) in [7, 11) is 0. The number of carbonyl (C=O) groups is 1. The Balaban J connectivity index is 1.90. The van der Waals surface area contributed by atoms with Crippen molar-refractivity contribution >= 4 is 11.6 Å². The lowest BCUT2D eigenvalue weighted by atomic mass is 9.96. The average molecular weight is 287 g/mol. The number of hydrogen-bond acceptors (Lipinski definition) is 6. The number of amides is 1. The number of nitrogens with two attached hydrogens (primary N) is 2. The molecule has 0 radical (unpaired) electrons. The van der Waals surface area contributed by atoms with E-state index in [1.165, 1.54) is 0 Å². The number of rotatable bonds is 4. The Hall–Kier alpha value is -2.41. The van der Waals surface area contributed by atoms with E-state index in [1.54, 1.807) is 6.07 Å². The topological polar surface area (TPSA) is 111 Å². The van der Waals surface area contributed by atoms with Crippen molar-refractivity contribution < 1.29 is 9.32 Å². The van der Waals surface area contributed by atoms with Gasteiger partial charge in [-0.15, -0.1) is 0 Å². The second-order valence-corrected chi connectivity index (χ2v) is 5.00. The van der Waals surface area contributed by atoms with E-state index in [9.17, 15) is 4.79 Å². The van der Waals surface area contributed by atoms with Gasteiger partial charge in [-0.2, -0.15) is 4.98 Å². The highest BCUT2D eigenvalue weighted by molar-refractivity contribution is 5.96. The predicted molar refractivity (Wildman–Crippen MR) is 76.5 cm³/mol. The minimum Gasteiger partial charge on any atom is -0.366 e. The lowest BCUT2D eigenvalue weighted by Crippen LogP contribution is -2.30. The normalized spacial score (nSPS) is 14.0. The lowest BCUT2D eigenvalue weighted by molar-refractivity contribution is 0.0999. The highest BCUT2D eigenvalue weighted by atomic mass is 16.5. The Morgan fingerprint density at radius 1 is 1.43 bits per heavy atom. The fraction of sp³-hybridized carbons (Fsp3) is 0.357. The van der Waals surface area contributed by atoms with Crippen LogP contribution in [-0.2, 0) is 19.5 Å². The minimum atomic E-state index is -0.390. The molecular weight excluding hydrogens is 270 g/mol. The number of primary amides is 1. The minimum absolute atomic E-state index is 0.232. The number of fused-ring (bicyclic) bond motifs is 1. The first-order chi connectivity index (χ1) is 10.2. The van der Waals surface area contributed by atoms with Gasteiger partial charge in [0.05, 0.1) is 13.1 Å². The summed E-state index contributed by atoms with van der Waals surface area (Å²) in [6.45, 7) is 1.63. The molecule has 0 unspecified atom stereocenters. The van der Waals surface area contributed by atoms with Crippen molar-refractivity contribution in [2.75, 3.05) is 11.4 Å². The van der Waals surface area contributed by atoms with Crippen LogP contribution >= 0.6 is 0 Å². The van der Waals surface area contributed by atoms with E-state index in [-0.39, 0.29) is 6.54 Å². The van der Waals surface area contributed by atoms with Crippen LogP contribution < -0.4 is 16.4 Å². The Kier molecular flexibility index (Phi) is 3.57. The molecule has 1 aromatic heterocycles. The van der Waals surface area contributed by atoms with Crippen LogP contribution in [0.25, 0.3) is 0 Å². The van der Waals surface area contributed by atoms with Crippen LogP contribution in [0.5, 0.6) is 0 Å². The summed E-state index contributed by atoms with van der Waals surface area (Å²) in [6, 6.07) is 5.61. The van der Waals surface area contributed by atoms with E-state index in [4.69, 9.17) is 16.0 Å². The second-order valence-electron chi connectivity index (χ2n) is 5.00. The SMILES string of the molecule is NCc1nc(CN2CCCc3c(C(N)=O)cccc32)no1. The van der Waals surface area contributed by atoms with Crippen LogP contribution in [-0.4, -0.2) is 22.6 Å². The van der Waals surface area contributed by atoms with E-state index in [2.05, 4.69) is 15.0 Å². The van der Waals surface area contributed by atoms with Crippen molar-refractivity contribution in [3.05, 3.63) is 41.0 Å². The molecule has 7 heteroatoms. The van der Waals surface area contributed by atoms with Gasteiger partial charge in [-0.05, 0) is 30.5 Å². The van der Waals surface area contributed by atoms with Crippen LogP contribution in [0.2, 0.25) is 0 Å². The smallest absolute Gasteiger partial charge is 0.249 e. The number of nitrogens with zero attached hydrogens (tertiary/aromatic N) is 3. The first kappa shape index (κ1) is 13.6. The van der Waals surface area contributed by atoms with Gasteiger partial charge >= 0.3 is 0 Å². The maximum absolute atomic E-state index is 11.5. The average Bonchev–Trinajstić information content (AvgIpc) is 2.94. The van der Waals surface area contributed by atoms with Gasteiger partial charge in [0.2, 0.25) is 11.8 Å². The third-order valence-electron chi connectivity index (χ3n) is 3.63. The molecular formula is C14H17N5O2. The molecule has 3 rings (SSSR count). The molecule has 1 aliphatic rings. The van der Waals surface area contributed by atoms with Crippen LogP contribution in [0.1, 0.15) is 34.1 Å². The number of benzene rings is 1. The molecule has 1 amide bonds. The Morgan fingerprint density at radius 3 is 3.00 bits per heavy atom. The van der Waals surface area contributed by atoms with Crippen molar-refractivity contribution in [1.29, 1.82) is 0 Å². The molecule has 0 spiro atoms. The molecule has 2 aromatic rings.